The summed E-state index contributed by atoms with van der Waals surface area (Å²) >= 11 is 9.08. The van der Waals surface area contributed by atoms with Gasteiger partial charge in [0, 0.05) is 50.3 Å². The molecule has 1 aromatic carbocycles. The van der Waals surface area contributed by atoms with Crippen molar-refractivity contribution in [3.63, 3.8) is 0 Å². The van der Waals surface area contributed by atoms with Crippen LogP contribution in [0.1, 0.15) is 4.88 Å². The summed E-state index contributed by atoms with van der Waals surface area (Å²) in [6.45, 7) is 5.29. The van der Waals surface area contributed by atoms with Crippen LogP contribution in [0.15, 0.2) is 47.6 Å². The Hall–Kier alpha value is -1.91. The number of rotatable bonds is 9. The molecule has 0 atom stereocenters. The number of hydrogen-bond acceptors (Lipinski definition) is 7. The molecule has 7 nitrogen and oxygen atoms in total. The van der Waals surface area contributed by atoms with Gasteiger partial charge in [-0.2, -0.15) is 0 Å². The molecule has 2 aromatic heterocycles. The largest absolute Gasteiger partial charge is 0.383 e. The summed E-state index contributed by atoms with van der Waals surface area (Å²) in [5, 5.41) is 9.47. The Morgan fingerprint density at radius 2 is 1.91 bits per heavy atom. The Morgan fingerprint density at radius 3 is 2.59 bits per heavy atom. The predicted octanol–water partition coefficient (Wildman–Crippen LogP) is 3.74. The van der Waals surface area contributed by atoms with Crippen LogP contribution < -0.4 is 0 Å². The molecule has 3 heterocycles. The molecule has 0 spiro atoms. The van der Waals surface area contributed by atoms with Crippen molar-refractivity contribution in [1.29, 1.82) is 0 Å². The van der Waals surface area contributed by atoms with E-state index >= 15 is 0 Å². The highest BCUT2D eigenvalue weighted by Gasteiger charge is 2.23. The SMILES string of the molecule is COCCn1c(SCC(=O)N2CCN(Cc3ccc(Cl)s3)CC2)nnc1-c1ccccc1. The lowest BCUT2D eigenvalue weighted by atomic mass is 10.2. The van der Waals surface area contributed by atoms with E-state index in [-0.39, 0.29) is 5.91 Å². The number of thioether (sulfide) groups is 1. The fourth-order valence-corrected chi connectivity index (χ4v) is 5.61. The summed E-state index contributed by atoms with van der Waals surface area (Å²) in [5.41, 5.74) is 0.998. The molecule has 170 valence electrons. The monoisotopic (exact) mass is 491 g/mol. The number of piperazine rings is 1. The van der Waals surface area contributed by atoms with E-state index in [4.69, 9.17) is 16.3 Å². The van der Waals surface area contributed by atoms with Crippen LogP contribution in [0.5, 0.6) is 0 Å². The van der Waals surface area contributed by atoms with E-state index in [2.05, 4.69) is 21.2 Å². The summed E-state index contributed by atoms with van der Waals surface area (Å²) < 4.78 is 8.11. The van der Waals surface area contributed by atoms with Crippen LogP contribution in [0.4, 0.5) is 0 Å². The second kappa shape index (κ2) is 11.3. The molecular formula is C22H26ClN5O2S2. The molecule has 1 aliphatic rings. The normalized spacial score (nSPS) is 14.8. The lowest BCUT2D eigenvalue weighted by molar-refractivity contribution is -0.130. The Kier molecular flexibility index (Phi) is 8.20. The van der Waals surface area contributed by atoms with E-state index < -0.39 is 0 Å². The fraction of sp³-hybridized carbons (Fsp3) is 0.409. The van der Waals surface area contributed by atoms with Gasteiger partial charge in [-0.05, 0) is 12.1 Å². The van der Waals surface area contributed by atoms with Crippen molar-refractivity contribution in [2.75, 3.05) is 45.6 Å². The number of nitrogens with zero attached hydrogens (tertiary/aromatic N) is 5. The van der Waals surface area contributed by atoms with Crippen molar-refractivity contribution < 1.29 is 9.53 Å². The number of ether oxygens (including phenoxy) is 1. The third-order valence-electron chi connectivity index (χ3n) is 5.33. The molecular weight excluding hydrogens is 466 g/mol. The molecule has 0 unspecified atom stereocenters. The first-order chi connectivity index (χ1) is 15.6. The topological polar surface area (TPSA) is 63.5 Å². The Morgan fingerprint density at radius 1 is 1.12 bits per heavy atom. The van der Waals surface area contributed by atoms with Gasteiger partial charge in [-0.25, -0.2) is 0 Å². The maximum atomic E-state index is 12.8. The number of amides is 1. The first kappa shape index (κ1) is 23.3. The van der Waals surface area contributed by atoms with Gasteiger partial charge in [0.15, 0.2) is 11.0 Å². The second-order valence-corrected chi connectivity index (χ2v) is 10.2. The van der Waals surface area contributed by atoms with Gasteiger partial charge in [-0.1, -0.05) is 53.7 Å². The average molecular weight is 492 g/mol. The van der Waals surface area contributed by atoms with Crippen LogP contribution in [0.2, 0.25) is 4.34 Å². The number of methoxy groups -OCH3 is 1. The van der Waals surface area contributed by atoms with E-state index in [0.29, 0.717) is 18.9 Å². The molecule has 0 bridgehead atoms. The highest BCUT2D eigenvalue weighted by Crippen LogP contribution is 2.25. The highest BCUT2D eigenvalue weighted by atomic mass is 35.5. The first-order valence-corrected chi connectivity index (χ1v) is 12.7. The molecule has 0 aliphatic carbocycles. The van der Waals surface area contributed by atoms with Crippen LogP contribution in [0, 0.1) is 0 Å². The minimum Gasteiger partial charge on any atom is -0.383 e. The maximum Gasteiger partial charge on any atom is 0.233 e. The highest BCUT2D eigenvalue weighted by molar-refractivity contribution is 7.99. The van der Waals surface area contributed by atoms with Gasteiger partial charge in [0.2, 0.25) is 5.91 Å². The fourth-order valence-electron chi connectivity index (χ4n) is 3.61. The van der Waals surface area contributed by atoms with E-state index in [1.165, 1.54) is 16.6 Å². The van der Waals surface area contributed by atoms with Gasteiger partial charge in [0.1, 0.15) is 0 Å². The minimum absolute atomic E-state index is 0.136. The molecule has 10 heteroatoms. The Labute approximate surface area is 201 Å². The number of carbonyl (C=O) groups excluding carboxylic acids is 1. The summed E-state index contributed by atoms with van der Waals surface area (Å²) in [7, 11) is 1.68. The van der Waals surface area contributed by atoms with Gasteiger partial charge < -0.3 is 9.64 Å². The summed E-state index contributed by atoms with van der Waals surface area (Å²) in [5.74, 6) is 1.27. The summed E-state index contributed by atoms with van der Waals surface area (Å²) in [6, 6.07) is 14.0. The number of carbonyl (C=O) groups is 1. The van der Waals surface area contributed by atoms with Crippen molar-refractivity contribution in [3.05, 3.63) is 51.7 Å². The van der Waals surface area contributed by atoms with Crippen molar-refractivity contribution in [2.24, 2.45) is 0 Å². The molecule has 0 radical (unpaired) electrons. The number of halogens is 1. The molecule has 3 aromatic rings. The molecule has 1 aliphatic heterocycles. The predicted molar refractivity (Wildman–Crippen MR) is 129 cm³/mol. The molecule has 1 amide bonds. The molecule has 1 fully saturated rings. The average Bonchev–Trinajstić information content (AvgIpc) is 3.42. The summed E-state index contributed by atoms with van der Waals surface area (Å²) in [6.07, 6.45) is 0. The van der Waals surface area contributed by atoms with E-state index in [0.717, 1.165) is 53.6 Å². The van der Waals surface area contributed by atoms with E-state index in [9.17, 15) is 4.79 Å². The van der Waals surface area contributed by atoms with Gasteiger partial charge in [-0.3, -0.25) is 14.3 Å². The van der Waals surface area contributed by atoms with Crippen molar-refractivity contribution in [1.82, 2.24) is 24.6 Å². The molecule has 0 saturated carbocycles. The van der Waals surface area contributed by atoms with Crippen molar-refractivity contribution >= 4 is 40.6 Å². The number of hydrogen-bond donors (Lipinski definition) is 0. The van der Waals surface area contributed by atoms with Crippen LogP contribution >= 0.6 is 34.7 Å². The van der Waals surface area contributed by atoms with Gasteiger partial charge in [0.05, 0.1) is 23.2 Å². The van der Waals surface area contributed by atoms with E-state index in [1.807, 2.05) is 45.9 Å². The van der Waals surface area contributed by atoms with Gasteiger partial charge >= 0.3 is 0 Å². The minimum atomic E-state index is 0.136. The van der Waals surface area contributed by atoms with Crippen LogP contribution in [-0.4, -0.2) is 76.1 Å². The number of thiophene rings is 1. The van der Waals surface area contributed by atoms with E-state index in [1.54, 1.807) is 18.4 Å². The van der Waals surface area contributed by atoms with Gasteiger partial charge in [0.25, 0.3) is 0 Å². The lowest BCUT2D eigenvalue weighted by Gasteiger charge is -2.34. The standard InChI is InChI=1S/C22H26ClN5O2S2/c1-30-14-13-28-21(17-5-3-2-4-6-17)24-25-22(28)31-16-20(29)27-11-9-26(10-12-27)15-18-7-8-19(23)32-18/h2-8H,9-16H2,1H3. The Bertz CT molecular complexity index is 1020. The lowest BCUT2D eigenvalue weighted by Crippen LogP contribution is -2.48. The zero-order chi connectivity index (χ0) is 22.3. The smallest absolute Gasteiger partial charge is 0.233 e. The Balaban J connectivity index is 1.32. The zero-order valence-corrected chi connectivity index (χ0v) is 20.3. The quantitative estimate of drug-likeness (QED) is 0.425. The van der Waals surface area contributed by atoms with Gasteiger partial charge in [-0.15, -0.1) is 21.5 Å². The maximum absolute atomic E-state index is 12.8. The van der Waals surface area contributed by atoms with Crippen LogP contribution in [-0.2, 0) is 22.6 Å². The summed E-state index contributed by atoms with van der Waals surface area (Å²) in [4.78, 5) is 18.4. The van der Waals surface area contributed by atoms with Crippen LogP contribution in [0.25, 0.3) is 11.4 Å². The second-order valence-electron chi connectivity index (χ2n) is 7.47. The number of benzene rings is 1. The van der Waals surface area contributed by atoms with Crippen molar-refractivity contribution in [2.45, 2.75) is 18.2 Å². The molecule has 0 N–H and O–H groups in total. The van der Waals surface area contributed by atoms with Crippen LogP contribution in [0.3, 0.4) is 0 Å². The molecule has 32 heavy (non-hydrogen) atoms. The first-order valence-electron chi connectivity index (χ1n) is 10.5. The molecule has 1 saturated heterocycles. The number of aromatic nitrogens is 3. The van der Waals surface area contributed by atoms with Crippen molar-refractivity contribution in [3.8, 4) is 11.4 Å². The zero-order valence-electron chi connectivity index (χ0n) is 17.9. The third kappa shape index (κ3) is 5.90. The molecule has 4 rings (SSSR count). The third-order valence-corrected chi connectivity index (χ3v) is 7.49.